The summed E-state index contributed by atoms with van der Waals surface area (Å²) in [5.74, 6) is -0.296. The van der Waals surface area contributed by atoms with Gasteiger partial charge >= 0.3 is 0 Å². The summed E-state index contributed by atoms with van der Waals surface area (Å²) < 4.78 is 0. The zero-order valence-electron chi connectivity index (χ0n) is 11.0. The van der Waals surface area contributed by atoms with E-state index in [0.717, 1.165) is 31.5 Å². The second-order valence-corrected chi connectivity index (χ2v) is 5.40. The summed E-state index contributed by atoms with van der Waals surface area (Å²) in [5, 5.41) is 10.1. The Morgan fingerprint density at radius 3 is 2.84 bits per heavy atom. The molecular weight excluding hydrogens is 264 g/mol. The van der Waals surface area contributed by atoms with E-state index in [1.54, 1.807) is 19.1 Å². The Balaban J connectivity index is 2.29. The Bertz CT molecular complexity index is 477. The van der Waals surface area contributed by atoms with E-state index in [-0.39, 0.29) is 11.9 Å². The van der Waals surface area contributed by atoms with E-state index in [1.807, 2.05) is 11.0 Å². The molecule has 2 unspecified atom stereocenters. The third kappa shape index (κ3) is 3.01. The number of piperidine rings is 1. The van der Waals surface area contributed by atoms with Gasteiger partial charge < -0.3 is 15.7 Å². The van der Waals surface area contributed by atoms with Crippen LogP contribution < -0.4 is 10.6 Å². The minimum atomic E-state index is -0.602. The van der Waals surface area contributed by atoms with Crippen molar-refractivity contribution >= 4 is 23.2 Å². The van der Waals surface area contributed by atoms with Crippen molar-refractivity contribution < 1.29 is 9.90 Å². The Kier molecular flexibility index (Phi) is 4.32. The van der Waals surface area contributed by atoms with Gasteiger partial charge in [0.2, 0.25) is 5.91 Å². The number of anilines is 1. The van der Waals surface area contributed by atoms with Gasteiger partial charge in [0.05, 0.1) is 6.10 Å². The van der Waals surface area contributed by atoms with Crippen LogP contribution in [-0.4, -0.2) is 23.6 Å². The Morgan fingerprint density at radius 1 is 1.53 bits per heavy atom. The van der Waals surface area contributed by atoms with Crippen LogP contribution in [0.4, 0.5) is 5.69 Å². The van der Waals surface area contributed by atoms with E-state index in [1.165, 1.54) is 0 Å². The molecule has 2 atom stereocenters. The molecule has 1 aromatic rings. The van der Waals surface area contributed by atoms with Crippen LogP contribution in [0.2, 0.25) is 5.02 Å². The number of primary amides is 1. The number of carbonyl (C=O) groups is 1. The lowest BCUT2D eigenvalue weighted by atomic mass is 10.00. The van der Waals surface area contributed by atoms with Crippen molar-refractivity contribution in [2.24, 2.45) is 5.73 Å². The maximum absolute atomic E-state index is 11.5. The highest BCUT2D eigenvalue weighted by atomic mass is 35.5. The number of carbonyl (C=O) groups excluding carboxylic acids is 1. The Labute approximate surface area is 118 Å². The summed E-state index contributed by atoms with van der Waals surface area (Å²) in [6.45, 7) is 2.48. The van der Waals surface area contributed by atoms with Gasteiger partial charge in [-0.1, -0.05) is 17.7 Å². The number of benzene rings is 1. The second kappa shape index (κ2) is 5.80. The summed E-state index contributed by atoms with van der Waals surface area (Å²) in [5.41, 5.74) is 7.04. The van der Waals surface area contributed by atoms with Crippen LogP contribution in [0.3, 0.4) is 0 Å². The topological polar surface area (TPSA) is 66.6 Å². The normalized spacial score (nSPS) is 21.2. The lowest BCUT2D eigenvalue weighted by molar-refractivity contribution is -0.119. The van der Waals surface area contributed by atoms with Gasteiger partial charge in [-0.3, -0.25) is 4.79 Å². The highest BCUT2D eigenvalue weighted by Gasteiger charge is 2.27. The average Bonchev–Trinajstić information content (AvgIpc) is 2.38. The van der Waals surface area contributed by atoms with Crippen molar-refractivity contribution in [2.75, 3.05) is 11.4 Å². The third-order valence-electron chi connectivity index (χ3n) is 3.60. The summed E-state index contributed by atoms with van der Waals surface area (Å²) in [6.07, 6.45) is 2.24. The molecule has 0 aliphatic carbocycles. The van der Waals surface area contributed by atoms with E-state index in [9.17, 15) is 9.90 Å². The molecule has 4 nitrogen and oxygen atoms in total. The molecule has 1 aromatic carbocycles. The van der Waals surface area contributed by atoms with Gasteiger partial charge in [0.15, 0.2) is 0 Å². The Hall–Kier alpha value is -1.26. The molecule has 0 radical (unpaired) electrons. The second-order valence-electron chi connectivity index (χ2n) is 4.99. The number of halogens is 1. The lowest BCUT2D eigenvalue weighted by Gasteiger charge is -2.35. The van der Waals surface area contributed by atoms with Gasteiger partial charge in [-0.15, -0.1) is 0 Å². The van der Waals surface area contributed by atoms with Crippen molar-refractivity contribution in [1.29, 1.82) is 0 Å². The molecule has 1 aliphatic heterocycles. The van der Waals surface area contributed by atoms with Crippen molar-refractivity contribution in [2.45, 2.75) is 38.3 Å². The van der Waals surface area contributed by atoms with E-state index < -0.39 is 6.10 Å². The maximum atomic E-state index is 11.5. The molecule has 1 fully saturated rings. The minimum absolute atomic E-state index is 0.262. The quantitative estimate of drug-likeness (QED) is 0.893. The van der Waals surface area contributed by atoms with Gasteiger partial charge in [-0.05, 0) is 43.9 Å². The monoisotopic (exact) mass is 282 g/mol. The van der Waals surface area contributed by atoms with Crippen molar-refractivity contribution in [3.8, 4) is 0 Å². The number of amides is 1. The number of aliphatic hydroxyl groups is 1. The molecule has 0 bridgehead atoms. The largest absolute Gasteiger partial charge is 0.389 e. The molecule has 1 amide bonds. The summed E-state index contributed by atoms with van der Waals surface area (Å²) in [4.78, 5) is 13.5. The Morgan fingerprint density at radius 2 is 2.26 bits per heavy atom. The summed E-state index contributed by atoms with van der Waals surface area (Å²) in [6, 6.07) is 5.22. The molecule has 104 valence electrons. The first-order chi connectivity index (χ1) is 9.00. The number of rotatable bonds is 3. The standard InChI is InChI=1S/C14H19ClN2O2/c1-9(18)11-6-5-10(8-12(11)15)17-7-3-2-4-13(17)14(16)19/h5-6,8-9,13,18H,2-4,7H2,1H3,(H2,16,19). The number of nitrogens with zero attached hydrogens (tertiary/aromatic N) is 1. The predicted molar refractivity (Wildman–Crippen MR) is 76.3 cm³/mol. The fraction of sp³-hybridized carbons (Fsp3) is 0.500. The fourth-order valence-corrected chi connectivity index (χ4v) is 2.90. The van der Waals surface area contributed by atoms with Crippen molar-refractivity contribution in [3.63, 3.8) is 0 Å². The molecule has 2 rings (SSSR count). The van der Waals surface area contributed by atoms with Crippen molar-refractivity contribution in [1.82, 2.24) is 0 Å². The van der Waals surface area contributed by atoms with Gasteiger partial charge in [0.1, 0.15) is 6.04 Å². The van der Waals surface area contributed by atoms with Crippen LogP contribution >= 0.6 is 11.6 Å². The molecule has 0 spiro atoms. The smallest absolute Gasteiger partial charge is 0.240 e. The van der Waals surface area contributed by atoms with E-state index >= 15 is 0 Å². The van der Waals surface area contributed by atoms with E-state index in [4.69, 9.17) is 17.3 Å². The van der Waals surface area contributed by atoms with Gasteiger partial charge in [0.25, 0.3) is 0 Å². The molecule has 1 heterocycles. The summed E-state index contributed by atoms with van der Waals surface area (Å²) >= 11 is 6.17. The van der Waals surface area contributed by atoms with E-state index in [2.05, 4.69) is 0 Å². The molecule has 5 heteroatoms. The van der Waals surface area contributed by atoms with E-state index in [0.29, 0.717) is 10.6 Å². The molecule has 1 aliphatic rings. The molecule has 0 saturated carbocycles. The van der Waals surface area contributed by atoms with Crippen LogP contribution in [0.1, 0.15) is 37.9 Å². The number of aliphatic hydroxyl groups excluding tert-OH is 1. The van der Waals surface area contributed by atoms with Crippen LogP contribution in [0.15, 0.2) is 18.2 Å². The van der Waals surface area contributed by atoms with Crippen LogP contribution in [0.5, 0.6) is 0 Å². The third-order valence-corrected chi connectivity index (χ3v) is 3.92. The fourth-order valence-electron chi connectivity index (χ4n) is 2.57. The molecule has 19 heavy (non-hydrogen) atoms. The average molecular weight is 283 g/mol. The minimum Gasteiger partial charge on any atom is -0.389 e. The highest BCUT2D eigenvalue weighted by Crippen LogP contribution is 2.31. The number of nitrogens with two attached hydrogens (primary N) is 1. The first-order valence-electron chi connectivity index (χ1n) is 6.54. The van der Waals surface area contributed by atoms with Crippen molar-refractivity contribution in [3.05, 3.63) is 28.8 Å². The lowest BCUT2D eigenvalue weighted by Crippen LogP contribution is -2.47. The predicted octanol–water partition coefficient (Wildman–Crippen LogP) is 2.24. The van der Waals surface area contributed by atoms with Gasteiger partial charge in [-0.2, -0.15) is 0 Å². The maximum Gasteiger partial charge on any atom is 0.240 e. The zero-order chi connectivity index (χ0) is 14.0. The number of hydrogen-bond donors (Lipinski definition) is 2. The first kappa shape index (κ1) is 14.2. The molecular formula is C14H19ClN2O2. The van der Waals surface area contributed by atoms with Crippen LogP contribution in [0.25, 0.3) is 0 Å². The highest BCUT2D eigenvalue weighted by molar-refractivity contribution is 6.31. The van der Waals surface area contributed by atoms with Gasteiger partial charge in [-0.25, -0.2) is 0 Å². The molecule has 0 aromatic heterocycles. The summed E-state index contributed by atoms with van der Waals surface area (Å²) in [7, 11) is 0. The van der Waals surface area contributed by atoms with Crippen LogP contribution in [-0.2, 0) is 4.79 Å². The SMILES string of the molecule is CC(O)c1ccc(N2CCCCC2C(N)=O)cc1Cl. The zero-order valence-corrected chi connectivity index (χ0v) is 11.7. The first-order valence-corrected chi connectivity index (χ1v) is 6.92. The van der Waals surface area contributed by atoms with Gasteiger partial charge in [0, 0.05) is 17.3 Å². The molecule has 1 saturated heterocycles. The van der Waals surface area contributed by atoms with Crippen LogP contribution in [0, 0.1) is 0 Å². The number of hydrogen-bond acceptors (Lipinski definition) is 3. The molecule has 3 N–H and O–H groups in total.